The third-order valence-electron chi connectivity index (χ3n) is 2.55. The van der Waals surface area contributed by atoms with Crippen LogP contribution in [0.1, 0.15) is 11.5 Å². The van der Waals surface area contributed by atoms with Crippen LogP contribution in [0.4, 0.5) is 0 Å². The van der Waals surface area contributed by atoms with E-state index in [1.54, 1.807) is 12.1 Å². The van der Waals surface area contributed by atoms with Crippen LogP contribution in [0, 0.1) is 0 Å². The lowest BCUT2D eigenvalue weighted by Gasteiger charge is -2.14. The summed E-state index contributed by atoms with van der Waals surface area (Å²) < 4.78 is 30.6. The first kappa shape index (κ1) is 12.9. The molecule has 0 radical (unpaired) electrons. The van der Waals surface area contributed by atoms with Gasteiger partial charge in [-0.15, -0.1) is 0 Å². The number of H-pyrrole nitrogens is 1. The summed E-state index contributed by atoms with van der Waals surface area (Å²) in [6.45, 7) is -0.0631. The van der Waals surface area contributed by atoms with Gasteiger partial charge in [-0.05, 0) is 18.2 Å². The zero-order valence-corrected chi connectivity index (χ0v) is 10.6. The lowest BCUT2D eigenvalue weighted by atomic mass is 10.4. The van der Waals surface area contributed by atoms with Crippen molar-refractivity contribution >= 4 is 10.0 Å². The molecule has 0 spiro atoms. The Kier molecular flexibility index (Phi) is 3.55. The fraction of sp³-hybridized carbons (Fsp3) is 0.273. The zero-order valence-electron chi connectivity index (χ0n) is 9.83. The van der Waals surface area contributed by atoms with Gasteiger partial charge >= 0.3 is 0 Å². The Morgan fingerprint density at radius 3 is 2.83 bits per heavy atom. The van der Waals surface area contributed by atoms with E-state index >= 15 is 0 Å². The molecule has 0 bridgehead atoms. The van der Waals surface area contributed by atoms with E-state index in [0.29, 0.717) is 11.5 Å². The molecular formula is C11H14N2O4S. The number of nitrogens with one attached hydrogen (secondary N) is 1. The van der Waals surface area contributed by atoms with Crippen LogP contribution in [-0.4, -0.2) is 29.9 Å². The highest BCUT2D eigenvalue weighted by Crippen LogP contribution is 2.17. The summed E-state index contributed by atoms with van der Waals surface area (Å²) in [5.41, 5.74) is 0.458. The third kappa shape index (κ3) is 2.47. The number of aliphatic hydroxyl groups excluding tert-OH is 1. The maximum atomic E-state index is 12.2. The first-order chi connectivity index (χ1) is 8.54. The molecule has 0 unspecified atom stereocenters. The van der Waals surface area contributed by atoms with Crippen molar-refractivity contribution in [2.24, 2.45) is 0 Å². The summed E-state index contributed by atoms with van der Waals surface area (Å²) in [7, 11) is -2.10. The van der Waals surface area contributed by atoms with E-state index in [0.717, 1.165) is 0 Å². The van der Waals surface area contributed by atoms with Crippen LogP contribution in [0.15, 0.2) is 40.0 Å². The summed E-state index contributed by atoms with van der Waals surface area (Å²) >= 11 is 0. The van der Waals surface area contributed by atoms with E-state index in [2.05, 4.69) is 4.98 Å². The van der Waals surface area contributed by atoms with Crippen LogP contribution in [0.2, 0.25) is 0 Å². The predicted molar refractivity (Wildman–Crippen MR) is 64.1 cm³/mol. The van der Waals surface area contributed by atoms with E-state index in [9.17, 15) is 8.42 Å². The van der Waals surface area contributed by atoms with Crippen LogP contribution in [0.25, 0.3) is 0 Å². The minimum Gasteiger partial charge on any atom is -0.468 e. The van der Waals surface area contributed by atoms with E-state index in [-0.39, 0.29) is 18.0 Å². The van der Waals surface area contributed by atoms with Gasteiger partial charge in [0.15, 0.2) is 0 Å². The highest BCUT2D eigenvalue weighted by molar-refractivity contribution is 7.89. The van der Waals surface area contributed by atoms with Gasteiger partial charge in [-0.2, -0.15) is 4.31 Å². The average molecular weight is 270 g/mol. The highest BCUT2D eigenvalue weighted by Gasteiger charge is 2.22. The standard InChI is InChI=1S/C11H14N2O4S/c1-13(7-10-3-2-4-17-10)18(15,16)11-5-9(8-14)12-6-11/h2-6,12,14H,7-8H2,1H3. The zero-order chi connectivity index (χ0) is 13.2. The fourth-order valence-electron chi connectivity index (χ4n) is 1.55. The minimum absolute atomic E-state index is 0.126. The van der Waals surface area contributed by atoms with Crippen LogP contribution in [0.3, 0.4) is 0 Å². The molecule has 18 heavy (non-hydrogen) atoms. The molecule has 0 atom stereocenters. The van der Waals surface area contributed by atoms with Gasteiger partial charge in [-0.3, -0.25) is 0 Å². The Morgan fingerprint density at radius 1 is 1.50 bits per heavy atom. The molecule has 0 saturated heterocycles. The lowest BCUT2D eigenvalue weighted by molar-refractivity contribution is 0.277. The normalized spacial score (nSPS) is 12.2. The van der Waals surface area contributed by atoms with Crippen molar-refractivity contribution in [3.63, 3.8) is 0 Å². The Morgan fingerprint density at radius 2 is 2.28 bits per heavy atom. The fourth-order valence-corrected chi connectivity index (χ4v) is 2.70. The number of aromatic nitrogens is 1. The van der Waals surface area contributed by atoms with Crippen molar-refractivity contribution < 1.29 is 17.9 Å². The second-order valence-electron chi connectivity index (χ2n) is 3.86. The molecule has 2 aromatic rings. The molecule has 2 rings (SSSR count). The third-order valence-corrected chi connectivity index (χ3v) is 4.33. The number of aromatic amines is 1. The second kappa shape index (κ2) is 4.97. The van der Waals surface area contributed by atoms with Gasteiger partial charge in [0.25, 0.3) is 0 Å². The first-order valence-corrected chi connectivity index (χ1v) is 6.75. The summed E-state index contributed by atoms with van der Waals surface area (Å²) in [5.74, 6) is 0.569. The Balaban J connectivity index is 2.19. The monoisotopic (exact) mass is 270 g/mol. The molecule has 0 amide bonds. The van der Waals surface area contributed by atoms with Gasteiger partial charge in [0.1, 0.15) is 5.76 Å². The molecule has 2 aromatic heterocycles. The van der Waals surface area contributed by atoms with Crippen molar-refractivity contribution in [3.05, 3.63) is 42.1 Å². The van der Waals surface area contributed by atoms with Crippen LogP contribution in [-0.2, 0) is 23.2 Å². The number of hydrogen-bond acceptors (Lipinski definition) is 4. The van der Waals surface area contributed by atoms with Crippen LogP contribution in [0.5, 0.6) is 0 Å². The summed E-state index contributed by atoms with van der Waals surface area (Å²) in [4.78, 5) is 2.82. The summed E-state index contributed by atoms with van der Waals surface area (Å²) in [6, 6.07) is 4.83. The number of aliphatic hydroxyl groups is 1. The van der Waals surface area contributed by atoms with Crippen LogP contribution >= 0.6 is 0 Å². The van der Waals surface area contributed by atoms with Gasteiger partial charge < -0.3 is 14.5 Å². The minimum atomic E-state index is -3.57. The van der Waals surface area contributed by atoms with Crippen molar-refractivity contribution in [1.82, 2.24) is 9.29 Å². The van der Waals surface area contributed by atoms with Gasteiger partial charge in [0, 0.05) is 18.9 Å². The first-order valence-electron chi connectivity index (χ1n) is 5.31. The number of furan rings is 1. The summed E-state index contributed by atoms with van der Waals surface area (Å²) in [6.07, 6.45) is 2.86. The number of nitrogens with zero attached hydrogens (tertiary/aromatic N) is 1. The molecule has 0 aliphatic heterocycles. The van der Waals surface area contributed by atoms with E-state index < -0.39 is 10.0 Å². The van der Waals surface area contributed by atoms with Gasteiger partial charge in [-0.1, -0.05) is 0 Å². The van der Waals surface area contributed by atoms with Gasteiger partial charge in [-0.25, -0.2) is 8.42 Å². The lowest BCUT2D eigenvalue weighted by Crippen LogP contribution is -2.25. The van der Waals surface area contributed by atoms with Gasteiger partial charge in [0.2, 0.25) is 10.0 Å². The van der Waals surface area contributed by atoms with Crippen molar-refractivity contribution in [3.8, 4) is 0 Å². The molecular weight excluding hydrogens is 256 g/mol. The average Bonchev–Trinajstić information content (AvgIpc) is 2.99. The topological polar surface area (TPSA) is 86.5 Å². The number of rotatable bonds is 5. The maximum Gasteiger partial charge on any atom is 0.244 e. The highest BCUT2D eigenvalue weighted by atomic mass is 32.2. The molecule has 0 saturated carbocycles. The van der Waals surface area contributed by atoms with E-state index in [4.69, 9.17) is 9.52 Å². The van der Waals surface area contributed by atoms with Crippen molar-refractivity contribution in [2.45, 2.75) is 18.0 Å². The second-order valence-corrected chi connectivity index (χ2v) is 5.90. The Bertz CT molecular complexity index is 601. The van der Waals surface area contributed by atoms with Crippen LogP contribution < -0.4 is 0 Å². The summed E-state index contributed by atoms with van der Waals surface area (Å²) in [5, 5.41) is 8.91. The van der Waals surface area contributed by atoms with Crippen molar-refractivity contribution in [2.75, 3.05) is 7.05 Å². The molecule has 0 aliphatic rings. The predicted octanol–water partition coefficient (Wildman–Crippen LogP) is 0.921. The van der Waals surface area contributed by atoms with Gasteiger partial charge in [0.05, 0.1) is 24.3 Å². The Labute approximate surface area is 105 Å². The largest absolute Gasteiger partial charge is 0.468 e. The molecule has 6 nitrogen and oxygen atoms in total. The van der Waals surface area contributed by atoms with E-state index in [1.165, 1.54) is 29.9 Å². The molecule has 0 aliphatic carbocycles. The number of hydrogen-bond donors (Lipinski definition) is 2. The molecule has 0 aromatic carbocycles. The molecule has 0 fully saturated rings. The molecule has 2 N–H and O–H groups in total. The molecule has 7 heteroatoms. The quantitative estimate of drug-likeness (QED) is 0.846. The molecule has 2 heterocycles. The SMILES string of the molecule is CN(Cc1ccco1)S(=O)(=O)c1c[nH]c(CO)c1. The van der Waals surface area contributed by atoms with E-state index in [1.807, 2.05) is 0 Å². The number of sulfonamides is 1. The maximum absolute atomic E-state index is 12.2. The smallest absolute Gasteiger partial charge is 0.244 e. The molecule has 98 valence electrons. The van der Waals surface area contributed by atoms with Crippen molar-refractivity contribution in [1.29, 1.82) is 0 Å². The Hall–Kier alpha value is -1.57.